The number of hydrogen-bond donors (Lipinski definition) is 1. The van der Waals surface area contributed by atoms with Gasteiger partial charge < -0.3 is 10.1 Å². The lowest BCUT2D eigenvalue weighted by Crippen LogP contribution is -2.25. The number of aromatic nitrogens is 4. The molecule has 1 amide bonds. The monoisotopic (exact) mass is 383 g/mol. The SMILES string of the molecule is Cc1cc(C)n2nc(SC(C)C(=O)c3ccc4c(c3)NC(=O)CO4)nc2n1. The molecule has 3 heterocycles. The Morgan fingerprint density at radius 2 is 2.11 bits per heavy atom. The molecule has 1 aliphatic heterocycles. The van der Waals surface area contributed by atoms with Crippen molar-refractivity contribution in [3.8, 4) is 5.75 Å². The Bertz CT molecular complexity index is 1080. The fourth-order valence-corrected chi connectivity index (χ4v) is 3.70. The van der Waals surface area contributed by atoms with E-state index >= 15 is 0 Å². The molecule has 0 saturated heterocycles. The van der Waals surface area contributed by atoms with Gasteiger partial charge in [0.2, 0.25) is 5.16 Å². The van der Waals surface area contributed by atoms with Gasteiger partial charge in [-0.3, -0.25) is 9.59 Å². The number of anilines is 1. The van der Waals surface area contributed by atoms with Crippen LogP contribution in [0.25, 0.3) is 5.78 Å². The average molecular weight is 383 g/mol. The summed E-state index contributed by atoms with van der Waals surface area (Å²) >= 11 is 1.27. The van der Waals surface area contributed by atoms with Crippen LogP contribution in [-0.4, -0.2) is 43.1 Å². The number of rotatable bonds is 4. The molecule has 0 aliphatic carbocycles. The molecule has 1 unspecified atom stereocenters. The molecule has 1 aliphatic rings. The molecule has 0 spiro atoms. The lowest BCUT2D eigenvalue weighted by Gasteiger charge is -2.18. The summed E-state index contributed by atoms with van der Waals surface area (Å²) in [5.74, 6) is 0.762. The summed E-state index contributed by atoms with van der Waals surface area (Å²) in [6.45, 7) is 5.62. The summed E-state index contributed by atoms with van der Waals surface area (Å²) in [6.07, 6.45) is 0. The van der Waals surface area contributed by atoms with Crippen LogP contribution in [0.1, 0.15) is 28.7 Å². The third-order valence-electron chi connectivity index (χ3n) is 4.15. The Kier molecular flexibility index (Phi) is 4.31. The van der Waals surface area contributed by atoms with E-state index in [4.69, 9.17) is 4.74 Å². The number of Topliss-reactive ketones (excluding diaryl/α,β-unsaturated/α-hetero) is 1. The smallest absolute Gasteiger partial charge is 0.262 e. The number of thioether (sulfide) groups is 1. The summed E-state index contributed by atoms with van der Waals surface area (Å²) in [4.78, 5) is 33.0. The number of carbonyl (C=O) groups is 2. The molecule has 0 fully saturated rings. The van der Waals surface area contributed by atoms with Crippen molar-refractivity contribution in [1.82, 2.24) is 19.6 Å². The van der Waals surface area contributed by atoms with E-state index in [1.165, 1.54) is 11.8 Å². The highest BCUT2D eigenvalue weighted by molar-refractivity contribution is 8.00. The van der Waals surface area contributed by atoms with Crippen molar-refractivity contribution in [3.05, 3.63) is 41.2 Å². The number of nitrogens with one attached hydrogen (secondary N) is 1. The first-order valence-corrected chi connectivity index (χ1v) is 9.27. The Hall–Kier alpha value is -2.94. The molecular weight excluding hydrogens is 366 g/mol. The van der Waals surface area contributed by atoms with E-state index in [-0.39, 0.29) is 18.3 Å². The van der Waals surface area contributed by atoms with Crippen LogP contribution in [0.4, 0.5) is 5.69 Å². The zero-order valence-electron chi connectivity index (χ0n) is 15.0. The van der Waals surface area contributed by atoms with Crippen molar-refractivity contribution in [2.45, 2.75) is 31.2 Å². The van der Waals surface area contributed by atoms with E-state index in [1.807, 2.05) is 19.9 Å². The van der Waals surface area contributed by atoms with Gasteiger partial charge in [0.25, 0.3) is 11.7 Å². The first-order valence-electron chi connectivity index (χ1n) is 8.39. The number of carbonyl (C=O) groups excluding carboxylic acids is 2. The summed E-state index contributed by atoms with van der Waals surface area (Å²) in [5.41, 5.74) is 2.80. The molecule has 1 atom stereocenters. The van der Waals surface area contributed by atoms with Gasteiger partial charge in [0.1, 0.15) is 5.75 Å². The maximum atomic E-state index is 12.8. The van der Waals surface area contributed by atoms with Crippen molar-refractivity contribution in [3.63, 3.8) is 0 Å². The highest BCUT2D eigenvalue weighted by Crippen LogP contribution is 2.30. The second-order valence-corrected chi connectivity index (χ2v) is 7.63. The summed E-state index contributed by atoms with van der Waals surface area (Å²) in [5, 5.41) is 7.23. The summed E-state index contributed by atoms with van der Waals surface area (Å²) in [7, 11) is 0. The fraction of sp³-hybridized carbons (Fsp3) is 0.278. The highest BCUT2D eigenvalue weighted by atomic mass is 32.2. The van der Waals surface area contributed by atoms with Crippen molar-refractivity contribution in [2.24, 2.45) is 0 Å². The maximum Gasteiger partial charge on any atom is 0.262 e. The van der Waals surface area contributed by atoms with Crippen LogP contribution < -0.4 is 10.1 Å². The molecule has 1 N–H and O–H groups in total. The average Bonchev–Trinajstić information content (AvgIpc) is 3.03. The first-order chi connectivity index (χ1) is 12.9. The number of ketones is 1. The maximum absolute atomic E-state index is 12.8. The van der Waals surface area contributed by atoms with Gasteiger partial charge in [0, 0.05) is 17.0 Å². The Labute approximate surface area is 159 Å². The minimum absolute atomic E-state index is 0.0149. The lowest BCUT2D eigenvalue weighted by molar-refractivity contribution is -0.118. The van der Waals surface area contributed by atoms with Crippen LogP contribution in [0.15, 0.2) is 29.4 Å². The quantitative estimate of drug-likeness (QED) is 0.546. The molecule has 0 radical (unpaired) electrons. The van der Waals surface area contributed by atoms with Crippen molar-refractivity contribution in [2.75, 3.05) is 11.9 Å². The first kappa shape index (κ1) is 17.5. The normalized spacial score (nSPS) is 14.4. The molecule has 1 aromatic carbocycles. The second-order valence-electron chi connectivity index (χ2n) is 6.32. The number of amides is 1. The van der Waals surface area contributed by atoms with E-state index < -0.39 is 5.25 Å². The van der Waals surface area contributed by atoms with Gasteiger partial charge in [-0.2, -0.15) is 4.98 Å². The van der Waals surface area contributed by atoms with Gasteiger partial charge in [-0.15, -0.1) is 5.10 Å². The largest absolute Gasteiger partial charge is 0.482 e. The second kappa shape index (κ2) is 6.66. The van der Waals surface area contributed by atoms with Crippen molar-refractivity contribution in [1.29, 1.82) is 0 Å². The summed E-state index contributed by atoms with van der Waals surface area (Å²) < 4.78 is 6.99. The molecule has 9 heteroatoms. The third kappa shape index (κ3) is 3.37. The third-order valence-corrected chi connectivity index (χ3v) is 5.10. The van der Waals surface area contributed by atoms with Crippen molar-refractivity contribution < 1.29 is 14.3 Å². The van der Waals surface area contributed by atoms with E-state index in [2.05, 4.69) is 20.4 Å². The standard InChI is InChI=1S/C18H17N5O3S/c1-9-6-10(2)23-17(19-9)21-18(22-23)27-11(3)16(25)12-4-5-14-13(7-12)20-15(24)8-26-14/h4-7,11H,8H2,1-3H3,(H,20,24). The van der Waals surface area contributed by atoms with E-state index in [9.17, 15) is 9.59 Å². The van der Waals surface area contributed by atoms with Crippen LogP contribution in [0, 0.1) is 13.8 Å². The molecule has 2 aromatic heterocycles. The van der Waals surface area contributed by atoms with Crippen LogP contribution in [0.5, 0.6) is 5.75 Å². The predicted molar refractivity (Wildman–Crippen MR) is 100 cm³/mol. The zero-order chi connectivity index (χ0) is 19.1. The number of fused-ring (bicyclic) bond motifs is 2. The van der Waals surface area contributed by atoms with Crippen LogP contribution in [-0.2, 0) is 4.79 Å². The highest BCUT2D eigenvalue weighted by Gasteiger charge is 2.22. The number of benzene rings is 1. The van der Waals surface area contributed by atoms with Gasteiger partial charge in [-0.1, -0.05) is 11.8 Å². The minimum Gasteiger partial charge on any atom is -0.482 e. The van der Waals surface area contributed by atoms with Crippen LogP contribution in [0.3, 0.4) is 0 Å². The van der Waals surface area contributed by atoms with Gasteiger partial charge >= 0.3 is 0 Å². The topological polar surface area (TPSA) is 98.5 Å². The Morgan fingerprint density at radius 3 is 2.93 bits per heavy atom. The number of nitrogens with zero attached hydrogens (tertiary/aromatic N) is 4. The van der Waals surface area contributed by atoms with Gasteiger partial charge in [-0.25, -0.2) is 9.50 Å². The van der Waals surface area contributed by atoms with E-state index in [1.54, 1.807) is 29.6 Å². The van der Waals surface area contributed by atoms with E-state index in [0.29, 0.717) is 27.9 Å². The molecule has 138 valence electrons. The molecule has 0 bridgehead atoms. The predicted octanol–water partition coefficient (Wildman–Crippen LogP) is 2.44. The Morgan fingerprint density at radius 1 is 1.30 bits per heavy atom. The number of hydrogen-bond acceptors (Lipinski definition) is 7. The molecule has 8 nitrogen and oxygen atoms in total. The van der Waals surface area contributed by atoms with Crippen molar-refractivity contribution >= 4 is 34.9 Å². The number of aryl methyl sites for hydroxylation is 2. The van der Waals surface area contributed by atoms with Gasteiger partial charge in [0.05, 0.1) is 10.9 Å². The number of ether oxygens (including phenoxy) is 1. The molecule has 0 saturated carbocycles. The van der Waals surface area contributed by atoms with Crippen LogP contribution >= 0.6 is 11.8 Å². The van der Waals surface area contributed by atoms with E-state index in [0.717, 1.165) is 11.4 Å². The zero-order valence-corrected chi connectivity index (χ0v) is 15.8. The summed E-state index contributed by atoms with van der Waals surface area (Å²) in [6, 6.07) is 6.95. The van der Waals surface area contributed by atoms with Gasteiger partial charge in [0.15, 0.2) is 12.4 Å². The van der Waals surface area contributed by atoms with Gasteiger partial charge in [-0.05, 0) is 45.0 Å². The lowest BCUT2D eigenvalue weighted by atomic mass is 10.1. The molecule has 3 aromatic rings. The fourth-order valence-electron chi connectivity index (χ4n) is 2.88. The minimum atomic E-state index is -0.401. The molecular formula is C18H17N5O3S. The Balaban J connectivity index is 1.55. The molecule has 4 rings (SSSR count). The molecule has 27 heavy (non-hydrogen) atoms. The van der Waals surface area contributed by atoms with Crippen LogP contribution in [0.2, 0.25) is 0 Å².